The number of hydrogen-bond acceptors (Lipinski definition) is 3. The van der Waals surface area contributed by atoms with Crippen LogP contribution >= 0.6 is 11.6 Å². The number of nitro groups is 1. The molecule has 1 N–H and O–H groups in total. The molecule has 0 saturated heterocycles. The first-order valence-electron chi connectivity index (χ1n) is 7.26. The minimum Gasteiger partial charge on any atom is -0.326 e. The van der Waals surface area contributed by atoms with Gasteiger partial charge in [0.05, 0.1) is 4.92 Å². The largest absolute Gasteiger partial charge is 0.326 e. The van der Waals surface area contributed by atoms with Crippen LogP contribution in [0.2, 0.25) is 5.02 Å². The van der Waals surface area contributed by atoms with E-state index >= 15 is 0 Å². The third-order valence-electron chi connectivity index (χ3n) is 4.76. The maximum atomic E-state index is 12.1. The highest BCUT2D eigenvalue weighted by Crippen LogP contribution is 2.49. The zero-order valence-corrected chi connectivity index (χ0v) is 12.3. The van der Waals surface area contributed by atoms with Crippen molar-refractivity contribution >= 4 is 28.9 Å². The zero-order chi connectivity index (χ0) is 15.0. The Balaban J connectivity index is 1.62. The Labute approximate surface area is 127 Å². The summed E-state index contributed by atoms with van der Waals surface area (Å²) in [4.78, 5) is 22.4. The molecule has 0 radical (unpaired) electrons. The van der Waals surface area contributed by atoms with Gasteiger partial charge < -0.3 is 5.32 Å². The lowest BCUT2D eigenvalue weighted by molar-refractivity contribution is -0.384. The third kappa shape index (κ3) is 3.02. The second-order valence-electron chi connectivity index (χ2n) is 6.11. The quantitative estimate of drug-likeness (QED) is 0.674. The number of benzene rings is 1. The second kappa shape index (κ2) is 5.64. The van der Waals surface area contributed by atoms with Crippen molar-refractivity contribution < 1.29 is 9.72 Å². The normalized spacial score (nSPS) is 26.8. The molecule has 3 unspecified atom stereocenters. The number of fused-ring (bicyclic) bond motifs is 2. The van der Waals surface area contributed by atoms with E-state index in [9.17, 15) is 14.9 Å². The maximum absolute atomic E-state index is 12.1. The van der Waals surface area contributed by atoms with Gasteiger partial charge in [-0.25, -0.2) is 0 Å². The molecule has 2 fully saturated rings. The summed E-state index contributed by atoms with van der Waals surface area (Å²) in [5.74, 6) is 1.92. The lowest BCUT2D eigenvalue weighted by atomic mass is 9.86. The molecule has 1 amide bonds. The molecule has 2 aliphatic rings. The molecule has 3 rings (SSSR count). The van der Waals surface area contributed by atoms with Gasteiger partial charge in [0.2, 0.25) is 5.91 Å². The molecule has 21 heavy (non-hydrogen) atoms. The van der Waals surface area contributed by atoms with Gasteiger partial charge in [0.25, 0.3) is 5.69 Å². The minimum absolute atomic E-state index is 0.0656. The first-order chi connectivity index (χ1) is 10.0. The van der Waals surface area contributed by atoms with Crippen LogP contribution in [0.25, 0.3) is 0 Å². The summed E-state index contributed by atoms with van der Waals surface area (Å²) in [5, 5.41) is 13.7. The molecule has 2 saturated carbocycles. The van der Waals surface area contributed by atoms with Crippen molar-refractivity contribution in [3.63, 3.8) is 0 Å². The first kappa shape index (κ1) is 14.3. The smallest absolute Gasteiger partial charge is 0.289 e. The molecule has 112 valence electrons. The number of anilines is 1. The summed E-state index contributed by atoms with van der Waals surface area (Å²) in [6.45, 7) is 0. The Bertz CT molecular complexity index is 590. The maximum Gasteiger partial charge on any atom is 0.289 e. The van der Waals surface area contributed by atoms with E-state index in [1.54, 1.807) is 6.07 Å². The van der Waals surface area contributed by atoms with Crippen molar-refractivity contribution in [2.24, 2.45) is 17.8 Å². The van der Waals surface area contributed by atoms with Gasteiger partial charge in [0.1, 0.15) is 5.02 Å². The summed E-state index contributed by atoms with van der Waals surface area (Å²) in [7, 11) is 0. The van der Waals surface area contributed by atoms with Gasteiger partial charge in [-0.3, -0.25) is 14.9 Å². The average Bonchev–Trinajstić information content (AvgIpc) is 3.03. The van der Waals surface area contributed by atoms with E-state index in [1.807, 2.05) is 0 Å². The van der Waals surface area contributed by atoms with Crippen molar-refractivity contribution in [1.29, 1.82) is 0 Å². The van der Waals surface area contributed by atoms with E-state index in [-0.39, 0.29) is 16.6 Å². The van der Waals surface area contributed by atoms with Crippen molar-refractivity contribution in [2.75, 3.05) is 5.32 Å². The predicted octanol–water partition coefficient (Wildman–Crippen LogP) is 4.01. The van der Waals surface area contributed by atoms with Crippen LogP contribution in [0.15, 0.2) is 18.2 Å². The van der Waals surface area contributed by atoms with Gasteiger partial charge in [-0.15, -0.1) is 0 Å². The highest BCUT2D eigenvalue weighted by molar-refractivity contribution is 6.32. The predicted molar refractivity (Wildman–Crippen MR) is 80.3 cm³/mol. The summed E-state index contributed by atoms with van der Waals surface area (Å²) in [6, 6.07) is 4.34. The van der Waals surface area contributed by atoms with Gasteiger partial charge in [-0.05, 0) is 49.1 Å². The van der Waals surface area contributed by atoms with Crippen LogP contribution in [0.4, 0.5) is 11.4 Å². The lowest BCUT2D eigenvalue weighted by Crippen LogP contribution is -2.20. The summed E-state index contributed by atoms with van der Waals surface area (Å²) >= 11 is 5.75. The number of halogens is 1. The van der Waals surface area contributed by atoms with Gasteiger partial charge in [-0.2, -0.15) is 0 Å². The molecule has 6 heteroatoms. The number of amides is 1. The standard InChI is InChI=1S/C15H17ClN2O3/c16-13-4-3-12(8-14(13)18(20)21)17-15(19)7-11-6-9-1-2-10(11)5-9/h3-4,8-11H,1-2,5-7H2,(H,17,19). The molecule has 5 nitrogen and oxygen atoms in total. The van der Waals surface area contributed by atoms with Crippen LogP contribution in [-0.4, -0.2) is 10.8 Å². The SMILES string of the molecule is O=C(CC1CC2CCC1C2)Nc1ccc(Cl)c([N+](=O)[O-])c1. The molecular weight excluding hydrogens is 292 g/mol. The minimum atomic E-state index is -0.548. The Morgan fingerprint density at radius 1 is 1.38 bits per heavy atom. The number of nitrogens with zero attached hydrogens (tertiary/aromatic N) is 1. The van der Waals surface area contributed by atoms with E-state index in [0.717, 1.165) is 12.3 Å². The lowest BCUT2D eigenvalue weighted by Gasteiger charge is -2.20. The molecule has 2 bridgehead atoms. The zero-order valence-electron chi connectivity index (χ0n) is 11.5. The van der Waals surface area contributed by atoms with Gasteiger partial charge in [0.15, 0.2) is 0 Å². The van der Waals surface area contributed by atoms with Crippen molar-refractivity contribution in [2.45, 2.75) is 32.1 Å². The molecule has 2 aliphatic carbocycles. The number of nitrogens with one attached hydrogen (secondary N) is 1. The van der Waals surface area contributed by atoms with Gasteiger partial charge >= 0.3 is 0 Å². The molecule has 1 aromatic rings. The molecule has 0 heterocycles. The Kier molecular flexibility index (Phi) is 3.85. The Morgan fingerprint density at radius 3 is 2.81 bits per heavy atom. The fraction of sp³-hybridized carbons (Fsp3) is 0.533. The summed E-state index contributed by atoms with van der Waals surface area (Å²) in [6.07, 6.45) is 5.49. The third-order valence-corrected chi connectivity index (χ3v) is 5.08. The average molecular weight is 309 g/mol. The molecule has 0 aromatic heterocycles. The number of hydrogen-bond donors (Lipinski definition) is 1. The molecule has 0 aliphatic heterocycles. The number of carbonyl (C=O) groups is 1. The van der Waals surface area contributed by atoms with Crippen molar-refractivity contribution in [3.05, 3.63) is 33.3 Å². The van der Waals surface area contributed by atoms with Gasteiger partial charge in [0, 0.05) is 18.2 Å². The van der Waals surface area contributed by atoms with Crippen LogP contribution in [0.3, 0.4) is 0 Å². The van der Waals surface area contributed by atoms with Crippen LogP contribution in [0.1, 0.15) is 32.1 Å². The van der Waals surface area contributed by atoms with Crippen LogP contribution in [0.5, 0.6) is 0 Å². The number of rotatable bonds is 4. The van der Waals surface area contributed by atoms with Crippen LogP contribution in [0, 0.1) is 27.9 Å². The topological polar surface area (TPSA) is 72.2 Å². The molecule has 1 aromatic carbocycles. The summed E-state index contributed by atoms with van der Waals surface area (Å²) in [5.41, 5.74) is 0.244. The highest BCUT2D eigenvalue weighted by Gasteiger charge is 2.40. The Hall–Kier alpha value is -1.62. The van der Waals surface area contributed by atoms with E-state index in [2.05, 4.69) is 5.32 Å². The van der Waals surface area contributed by atoms with Crippen molar-refractivity contribution in [3.8, 4) is 0 Å². The molecule has 3 atom stereocenters. The van der Waals surface area contributed by atoms with E-state index < -0.39 is 4.92 Å². The summed E-state index contributed by atoms with van der Waals surface area (Å²) < 4.78 is 0. The van der Waals surface area contributed by atoms with Crippen LogP contribution < -0.4 is 5.32 Å². The number of carbonyl (C=O) groups excluding carboxylic acids is 1. The van der Waals surface area contributed by atoms with E-state index in [0.29, 0.717) is 23.9 Å². The van der Waals surface area contributed by atoms with E-state index in [4.69, 9.17) is 11.6 Å². The molecular formula is C15H17ClN2O3. The fourth-order valence-electron chi connectivity index (χ4n) is 3.81. The van der Waals surface area contributed by atoms with Crippen LogP contribution in [-0.2, 0) is 4.79 Å². The van der Waals surface area contributed by atoms with Crippen molar-refractivity contribution in [1.82, 2.24) is 0 Å². The highest BCUT2D eigenvalue weighted by atomic mass is 35.5. The fourth-order valence-corrected chi connectivity index (χ4v) is 3.99. The Morgan fingerprint density at radius 2 is 2.19 bits per heavy atom. The van der Waals surface area contributed by atoms with E-state index in [1.165, 1.54) is 31.4 Å². The second-order valence-corrected chi connectivity index (χ2v) is 6.52. The van der Waals surface area contributed by atoms with Gasteiger partial charge in [-0.1, -0.05) is 18.0 Å². The number of nitro benzene ring substituents is 1. The monoisotopic (exact) mass is 308 g/mol. The molecule has 0 spiro atoms. The first-order valence-corrected chi connectivity index (χ1v) is 7.64.